The Labute approximate surface area is 86.5 Å². The van der Waals surface area contributed by atoms with E-state index in [-0.39, 0.29) is 0 Å². The van der Waals surface area contributed by atoms with Crippen LogP contribution in [0.2, 0.25) is 5.02 Å². The van der Waals surface area contributed by atoms with Gasteiger partial charge in [-0.05, 0) is 19.1 Å². The Kier molecular flexibility index (Phi) is 2.17. The number of nitrogen functional groups attached to an aromatic ring is 1. The highest BCUT2D eigenvalue weighted by Crippen LogP contribution is 2.32. The van der Waals surface area contributed by atoms with E-state index in [4.69, 9.17) is 21.9 Å². The summed E-state index contributed by atoms with van der Waals surface area (Å²) in [6.45, 7) is 1.98. The molecule has 0 bridgehead atoms. The molecule has 0 aliphatic rings. The van der Waals surface area contributed by atoms with Gasteiger partial charge in [0.2, 0.25) is 0 Å². The van der Waals surface area contributed by atoms with Crippen molar-refractivity contribution in [3.63, 3.8) is 0 Å². The van der Waals surface area contributed by atoms with Crippen molar-refractivity contribution in [1.29, 1.82) is 0 Å². The van der Waals surface area contributed by atoms with Crippen molar-refractivity contribution in [2.24, 2.45) is 0 Å². The number of aryl methyl sites for hydroxylation is 1. The topological polar surface area (TPSA) is 52.0 Å². The summed E-state index contributed by atoms with van der Waals surface area (Å²) in [4.78, 5) is 0. The Hall–Kier alpha value is -1.48. The first-order valence-corrected chi connectivity index (χ1v) is 4.53. The van der Waals surface area contributed by atoms with Crippen molar-refractivity contribution in [2.75, 3.05) is 5.73 Å². The molecule has 0 unspecified atom stereocenters. The van der Waals surface area contributed by atoms with Gasteiger partial charge in [-0.3, -0.25) is 0 Å². The number of anilines is 1. The van der Waals surface area contributed by atoms with Crippen molar-refractivity contribution in [2.45, 2.75) is 6.92 Å². The first-order chi connectivity index (χ1) is 6.68. The summed E-state index contributed by atoms with van der Waals surface area (Å²) < 4.78 is 5.03. The van der Waals surface area contributed by atoms with Crippen LogP contribution < -0.4 is 5.73 Å². The number of hydrogen-bond acceptors (Lipinski definition) is 3. The Morgan fingerprint density at radius 2 is 2.21 bits per heavy atom. The van der Waals surface area contributed by atoms with E-state index in [1.807, 2.05) is 25.1 Å². The molecule has 1 aromatic carbocycles. The van der Waals surface area contributed by atoms with E-state index in [0.717, 1.165) is 11.1 Å². The maximum Gasteiger partial charge on any atom is 0.191 e. The molecule has 72 valence electrons. The highest BCUT2D eigenvalue weighted by molar-refractivity contribution is 6.33. The molecular formula is C10H9ClN2O. The third kappa shape index (κ3) is 1.46. The standard InChI is InChI=1S/C10H9ClN2O/c1-6-2-3-8(11)7(4-6)10-9(12)5-13-14-10/h2-5H,12H2,1H3. The fourth-order valence-electron chi connectivity index (χ4n) is 1.26. The molecule has 0 spiro atoms. The van der Waals surface area contributed by atoms with E-state index in [1.54, 1.807) is 0 Å². The minimum Gasteiger partial charge on any atom is -0.394 e. The molecule has 1 heterocycles. The van der Waals surface area contributed by atoms with Gasteiger partial charge in [-0.25, -0.2) is 0 Å². The Bertz CT molecular complexity index is 465. The van der Waals surface area contributed by atoms with E-state index in [1.165, 1.54) is 6.20 Å². The number of nitrogens with two attached hydrogens (primary N) is 1. The van der Waals surface area contributed by atoms with E-state index in [0.29, 0.717) is 16.5 Å². The lowest BCUT2D eigenvalue weighted by atomic mass is 10.1. The summed E-state index contributed by atoms with van der Waals surface area (Å²) in [5.74, 6) is 0.527. The first-order valence-electron chi connectivity index (χ1n) is 4.15. The number of hydrogen-bond donors (Lipinski definition) is 1. The van der Waals surface area contributed by atoms with E-state index >= 15 is 0 Å². The molecule has 0 amide bonds. The van der Waals surface area contributed by atoms with Gasteiger partial charge in [-0.15, -0.1) is 0 Å². The lowest BCUT2D eigenvalue weighted by Crippen LogP contribution is -1.86. The maximum atomic E-state index is 6.02. The molecular weight excluding hydrogens is 200 g/mol. The molecule has 0 saturated carbocycles. The molecule has 2 aromatic rings. The summed E-state index contributed by atoms with van der Waals surface area (Å²) in [7, 11) is 0. The van der Waals surface area contributed by atoms with Crippen LogP contribution >= 0.6 is 11.6 Å². The zero-order chi connectivity index (χ0) is 10.1. The smallest absolute Gasteiger partial charge is 0.191 e. The second kappa shape index (κ2) is 3.35. The van der Waals surface area contributed by atoms with Gasteiger partial charge in [-0.2, -0.15) is 0 Å². The van der Waals surface area contributed by atoms with Crippen LogP contribution in [0.15, 0.2) is 28.9 Å². The van der Waals surface area contributed by atoms with Crippen LogP contribution in [0.25, 0.3) is 11.3 Å². The largest absolute Gasteiger partial charge is 0.394 e. The van der Waals surface area contributed by atoms with Crippen LogP contribution in [-0.4, -0.2) is 5.16 Å². The van der Waals surface area contributed by atoms with Gasteiger partial charge in [0.25, 0.3) is 0 Å². The summed E-state index contributed by atoms with van der Waals surface area (Å²) >= 11 is 6.02. The third-order valence-corrected chi connectivity index (χ3v) is 2.29. The summed E-state index contributed by atoms with van der Waals surface area (Å²) in [5.41, 5.74) is 8.05. The number of aromatic nitrogens is 1. The van der Waals surface area contributed by atoms with Crippen molar-refractivity contribution < 1.29 is 4.52 Å². The average molecular weight is 209 g/mol. The number of rotatable bonds is 1. The molecule has 14 heavy (non-hydrogen) atoms. The van der Waals surface area contributed by atoms with Crippen LogP contribution in [0.3, 0.4) is 0 Å². The highest BCUT2D eigenvalue weighted by atomic mass is 35.5. The third-order valence-electron chi connectivity index (χ3n) is 1.96. The molecule has 0 atom stereocenters. The monoisotopic (exact) mass is 208 g/mol. The van der Waals surface area contributed by atoms with E-state index in [9.17, 15) is 0 Å². The molecule has 0 radical (unpaired) electrons. The average Bonchev–Trinajstić information content (AvgIpc) is 2.56. The summed E-state index contributed by atoms with van der Waals surface area (Å²) in [5, 5.41) is 4.22. The highest BCUT2D eigenvalue weighted by Gasteiger charge is 2.11. The predicted octanol–water partition coefficient (Wildman–Crippen LogP) is 2.89. The number of nitrogens with zero attached hydrogens (tertiary/aromatic N) is 1. The normalized spacial score (nSPS) is 10.4. The van der Waals surface area contributed by atoms with Crippen LogP contribution in [0.4, 0.5) is 5.69 Å². The van der Waals surface area contributed by atoms with Gasteiger partial charge in [0.15, 0.2) is 5.76 Å². The second-order valence-corrected chi connectivity index (χ2v) is 3.50. The minimum atomic E-state index is 0.498. The maximum absolute atomic E-state index is 6.02. The van der Waals surface area contributed by atoms with Gasteiger partial charge in [0, 0.05) is 5.56 Å². The second-order valence-electron chi connectivity index (χ2n) is 3.09. The first kappa shape index (κ1) is 9.09. The SMILES string of the molecule is Cc1ccc(Cl)c(-c2oncc2N)c1. The van der Waals surface area contributed by atoms with Gasteiger partial charge in [0.1, 0.15) is 5.69 Å². The predicted molar refractivity (Wildman–Crippen MR) is 56.1 cm³/mol. The molecule has 1 aromatic heterocycles. The Morgan fingerprint density at radius 3 is 2.86 bits per heavy atom. The van der Waals surface area contributed by atoms with Gasteiger partial charge in [0.05, 0.1) is 11.2 Å². The lowest BCUT2D eigenvalue weighted by molar-refractivity contribution is 0.432. The lowest BCUT2D eigenvalue weighted by Gasteiger charge is -2.01. The quantitative estimate of drug-likeness (QED) is 0.784. The molecule has 0 aliphatic carbocycles. The van der Waals surface area contributed by atoms with Gasteiger partial charge >= 0.3 is 0 Å². The zero-order valence-corrected chi connectivity index (χ0v) is 8.38. The molecule has 2 N–H and O–H groups in total. The Balaban J connectivity index is 2.62. The van der Waals surface area contributed by atoms with Gasteiger partial charge < -0.3 is 10.3 Å². The Morgan fingerprint density at radius 1 is 1.43 bits per heavy atom. The van der Waals surface area contributed by atoms with Crippen LogP contribution in [0.1, 0.15) is 5.56 Å². The molecule has 3 nitrogen and oxygen atoms in total. The number of benzene rings is 1. The van der Waals surface area contributed by atoms with Crippen LogP contribution in [0.5, 0.6) is 0 Å². The van der Waals surface area contributed by atoms with Crippen molar-refractivity contribution in [3.8, 4) is 11.3 Å². The fourth-order valence-corrected chi connectivity index (χ4v) is 1.47. The molecule has 0 aliphatic heterocycles. The number of halogens is 1. The molecule has 0 saturated heterocycles. The zero-order valence-electron chi connectivity index (χ0n) is 7.62. The minimum absolute atomic E-state index is 0.498. The molecule has 0 fully saturated rings. The van der Waals surface area contributed by atoms with Crippen LogP contribution in [-0.2, 0) is 0 Å². The van der Waals surface area contributed by atoms with Crippen molar-refractivity contribution in [3.05, 3.63) is 35.0 Å². The van der Waals surface area contributed by atoms with Crippen molar-refractivity contribution >= 4 is 17.3 Å². The van der Waals surface area contributed by atoms with Gasteiger partial charge in [-0.1, -0.05) is 28.4 Å². The molecule has 2 rings (SSSR count). The summed E-state index contributed by atoms with van der Waals surface area (Å²) in [6, 6.07) is 5.66. The fraction of sp³-hybridized carbons (Fsp3) is 0.100. The summed E-state index contributed by atoms with van der Waals surface area (Å²) in [6.07, 6.45) is 1.47. The van der Waals surface area contributed by atoms with E-state index < -0.39 is 0 Å². The van der Waals surface area contributed by atoms with Crippen LogP contribution in [0, 0.1) is 6.92 Å². The van der Waals surface area contributed by atoms with Crippen molar-refractivity contribution in [1.82, 2.24) is 5.16 Å². The van der Waals surface area contributed by atoms with E-state index in [2.05, 4.69) is 5.16 Å². The molecule has 4 heteroatoms.